The molecule has 0 aliphatic heterocycles. The van der Waals surface area contributed by atoms with Gasteiger partial charge in [0.1, 0.15) is 45.8 Å². The van der Waals surface area contributed by atoms with Gasteiger partial charge in [-0.05, 0) is 149 Å². The Bertz CT molecular complexity index is 4750. The SMILES string of the molecule is C[C@@H](c1ccccc1)N(CC(N)=O)C(=O)CN(C(=O)CN(CCCCN)C(=O)CN(Cc1ccccc1)C(=O)CN(Cc1ccccc1)C(=O)CN(CCCCN)C(=O)CN(Cc1ccccc1)C(=O)CN(Cc1ccccc1)C(=O)CN(CCCCN)C(=O)CN(Cc1ccccc1)C(=O)CN(C(=O)CNCCCCN)[C@@H](C)c1ccccc1)[C@@H](C)c1ccccc1. The van der Waals surface area contributed by atoms with Crippen molar-refractivity contribution in [3.63, 3.8) is 0 Å². The molecule has 0 unspecified atom stereocenters. The monoisotopic (exact) mass is 1750 g/mol. The van der Waals surface area contributed by atoms with Crippen molar-refractivity contribution in [1.29, 1.82) is 0 Å². The maximum absolute atomic E-state index is 15.6. The van der Waals surface area contributed by atoms with Crippen LogP contribution in [0.2, 0.25) is 0 Å². The number of unbranched alkanes of at least 4 members (excludes halogenated alkanes) is 4. The molecule has 3 atom stereocenters. The molecule has 11 N–H and O–H groups in total. The molecule has 8 rings (SSSR count). The molecule has 0 aromatic heterocycles. The zero-order valence-electron chi connectivity index (χ0n) is 74.4. The predicted molar refractivity (Wildman–Crippen MR) is 494 cm³/mol. The minimum Gasteiger partial charge on any atom is -0.368 e. The number of nitrogens with one attached hydrogen (secondary N) is 1. The topological polar surface area (TPSA) is 383 Å². The molecule has 0 aliphatic carbocycles. The second-order valence-corrected chi connectivity index (χ2v) is 32.1. The molecule has 0 aliphatic rings. The number of amides is 12. The smallest absolute Gasteiger partial charge is 0.243 e. The maximum atomic E-state index is 15.6. The number of hydrogen-bond acceptors (Lipinski definition) is 17. The molecule has 12 amide bonds. The number of hydrogen-bond donors (Lipinski definition) is 6. The van der Waals surface area contributed by atoms with Crippen LogP contribution in [0.3, 0.4) is 0 Å². The molecule has 682 valence electrons. The van der Waals surface area contributed by atoms with Gasteiger partial charge in [0.05, 0.1) is 50.8 Å². The van der Waals surface area contributed by atoms with Crippen molar-refractivity contribution in [2.75, 3.05) is 131 Å². The van der Waals surface area contributed by atoms with Gasteiger partial charge in [-0.3, -0.25) is 57.5 Å². The van der Waals surface area contributed by atoms with Crippen molar-refractivity contribution in [3.05, 3.63) is 287 Å². The number of rotatable bonds is 56. The number of nitrogens with two attached hydrogens (primary N) is 5. The highest BCUT2D eigenvalue weighted by atomic mass is 16.2. The summed E-state index contributed by atoms with van der Waals surface area (Å²) in [6.07, 6.45) is 3.96. The van der Waals surface area contributed by atoms with E-state index in [0.29, 0.717) is 85.0 Å². The van der Waals surface area contributed by atoms with Crippen LogP contribution in [-0.4, -0.2) is 256 Å². The summed E-state index contributed by atoms with van der Waals surface area (Å²) < 4.78 is 0. The van der Waals surface area contributed by atoms with Crippen molar-refractivity contribution in [2.45, 2.75) is 123 Å². The van der Waals surface area contributed by atoms with Crippen LogP contribution in [0, 0.1) is 0 Å². The van der Waals surface area contributed by atoms with Crippen LogP contribution < -0.4 is 34.0 Å². The van der Waals surface area contributed by atoms with E-state index in [4.69, 9.17) is 28.7 Å². The Morgan fingerprint density at radius 2 is 0.445 bits per heavy atom. The molecule has 0 spiro atoms. The number of carbonyl (C=O) groups excluding carboxylic acids is 12. The van der Waals surface area contributed by atoms with Crippen molar-refractivity contribution in [1.82, 2.24) is 59.2 Å². The van der Waals surface area contributed by atoms with Crippen LogP contribution >= 0.6 is 0 Å². The lowest BCUT2D eigenvalue weighted by Crippen LogP contribution is -2.52. The van der Waals surface area contributed by atoms with Gasteiger partial charge in [0.25, 0.3) is 0 Å². The van der Waals surface area contributed by atoms with Gasteiger partial charge in [-0.15, -0.1) is 0 Å². The number of nitrogens with zero attached hydrogens (tertiary/aromatic N) is 11. The van der Waals surface area contributed by atoms with Crippen LogP contribution in [0.25, 0.3) is 0 Å². The van der Waals surface area contributed by atoms with E-state index in [1.165, 1.54) is 53.9 Å². The van der Waals surface area contributed by atoms with Gasteiger partial charge in [0.15, 0.2) is 0 Å². The minimum absolute atomic E-state index is 0.0125. The lowest BCUT2D eigenvalue weighted by molar-refractivity contribution is -0.150. The fourth-order valence-electron chi connectivity index (χ4n) is 14.9. The Kier molecular flexibility index (Phi) is 43.2. The zero-order valence-corrected chi connectivity index (χ0v) is 74.4. The summed E-state index contributed by atoms with van der Waals surface area (Å²) in [7, 11) is 0. The van der Waals surface area contributed by atoms with Crippen LogP contribution in [0.5, 0.6) is 0 Å². The first-order chi connectivity index (χ1) is 62.0. The van der Waals surface area contributed by atoms with Gasteiger partial charge in [-0.25, -0.2) is 0 Å². The van der Waals surface area contributed by atoms with E-state index in [2.05, 4.69) is 5.32 Å². The third-order valence-corrected chi connectivity index (χ3v) is 22.4. The molecule has 0 heterocycles. The van der Waals surface area contributed by atoms with Crippen molar-refractivity contribution in [2.24, 2.45) is 28.7 Å². The van der Waals surface area contributed by atoms with E-state index in [1.54, 1.807) is 141 Å². The Morgan fingerprint density at radius 1 is 0.242 bits per heavy atom. The molecule has 0 bridgehead atoms. The molecule has 0 fully saturated rings. The lowest BCUT2D eigenvalue weighted by atomic mass is 10.1. The molecule has 8 aromatic carbocycles. The van der Waals surface area contributed by atoms with Gasteiger partial charge in [0.2, 0.25) is 70.9 Å². The summed E-state index contributed by atoms with van der Waals surface area (Å²) in [5, 5.41) is 3.20. The second-order valence-electron chi connectivity index (χ2n) is 32.1. The number of primary amides is 1. The van der Waals surface area contributed by atoms with E-state index in [-0.39, 0.29) is 91.0 Å². The van der Waals surface area contributed by atoms with E-state index in [9.17, 15) is 14.4 Å². The first kappa shape index (κ1) is 101. The van der Waals surface area contributed by atoms with Crippen LogP contribution in [0.15, 0.2) is 243 Å². The molecule has 29 heteroatoms. The largest absolute Gasteiger partial charge is 0.368 e. The Hall–Kier alpha value is -12.8. The molecular weight excluding hydrogens is 1620 g/mol. The highest BCUT2D eigenvalue weighted by Gasteiger charge is 2.36. The fraction of sp³-hybridized carbons (Fsp3) is 0.394. The highest BCUT2D eigenvalue weighted by Crippen LogP contribution is 2.27. The quantitative estimate of drug-likeness (QED) is 0.0202. The Morgan fingerprint density at radius 3 is 0.711 bits per heavy atom. The third-order valence-electron chi connectivity index (χ3n) is 22.4. The average Bonchev–Trinajstić information content (AvgIpc) is 0.820. The van der Waals surface area contributed by atoms with Gasteiger partial charge in [0, 0.05) is 52.4 Å². The third kappa shape index (κ3) is 33.8. The average molecular weight is 1750 g/mol. The van der Waals surface area contributed by atoms with E-state index in [1.807, 2.05) is 122 Å². The van der Waals surface area contributed by atoms with E-state index >= 15 is 43.2 Å². The summed E-state index contributed by atoms with van der Waals surface area (Å²) in [6.45, 7) is 0.821. The van der Waals surface area contributed by atoms with Crippen molar-refractivity contribution in [3.8, 4) is 0 Å². The van der Waals surface area contributed by atoms with Gasteiger partial charge >= 0.3 is 0 Å². The number of carbonyl (C=O) groups is 12. The van der Waals surface area contributed by atoms with Crippen molar-refractivity contribution < 1.29 is 57.5 Å². The fourth-order valence-corrected chi connectivity index (χ4v) is 14.9. The maximum Gasteiger partial charge on any atom is 0.243 e. The van der Waals surface area contributed by atoms with E-state index in [0.717, 1.165) is 24.0 Å². The molecule has 0 radical (unpaired) electrons. The standard InChI is InChI=1S/C99H129N17O12/c1-77(85-46-22-9-23-47-85)114(66-88(104)117)99(128)76-116(79(3)87-50-26-11-27-51-87)98(127)74-108(59-35-31-55-103)92(121)70-110(62-81-38-14-5-15-39-81)96(125)73-112(64-83-42-18-7-19-43-83)93(122)67-106(57-33-29-53-101)90(119)69-109(61-80-36-12-4-13-37-80)95(124)72-111(63-82-40-16-6-17-41-82)94(123)68-107(58-34-30-54-102)91(120)71-113(65-84-44-20-8-21-45-84)97(126)75-115(78(2)86-48-24-10-25-49-86)89(118)60-105-56-32-28-52-100/h4-27,36-51,77-79,105H,28-35,52-76,100-103H2,1-3H3,(H2,104,117)/t77-,78-,79-/m0/s1. The molecule has 0 saturated carbocycles. The first-order valence-corrected chi connectivity index (χ1v) is 44.2. The Balaban J connectivity index is 1.07. The summed E-state index contributed by atoms with van der Waals surface area (Å²) >= 11 is 0. The number of benzene rings is 8. The summed E-state index contributed by atoms with van der Waals surface area (Å²) in [5.74, 6) is -7.27. The predicted octanol–water partition coefficient (Wildman–Crippen LogP) is 7.42. The minimum atomic E-state index is -0.761. The molecule has 128 heavy (non-hydrogen) atoms. The molecule has 29 nitrogen and oxygen atoms in total. The highest BCUT2D eigenvalue weighted by molar-refractivity contribution is 5.95. The first-order valence-electron chi connectivity index (χ1n) is 44.2. The second kappa shape index (κ2) is 54.9. The van der Waals surface area contributed by atoms with Gasteiger partial charge in [-0.1, -0.05) is 243 Å². The molecule has 0 saturated heterocycles. The van der Waals surface area contributed by atoms with Crippen LogP contribution in [0.4, 0.5) is 0 Å². The van der Waals surface area contributed by atoms with Crippen LogP contribution in [-0.2, 0) is 90.3 Å². The Labute approximate surface area is 753 Å². The lowest BCUT2D eigenvalue weighted by Gasteiger charge is -2.35. The summed E-state index contributed by atoms with van der Waals surface area (Å²) in [5.41, 5.74) is 35.1. The van der Waals surface area contributed by atoms with Gasteiger partial charge in [-0.2, -0.15) is 0 Å². The van der Waals surface area contributed by atoms with Crippen molar-refractivity contribution >= 4 is 70.9 Å². The van der Waals surface area contributed by atoms with Gasteiger partial charge < -0.3 is 87.9 Å². The normalized spacial score (nSPS) is 11.7. The van der Waals surface area contributed by atoms with E-state index < -0.39 is 149 Å². The molecule has 8 aromatic rings. The summed E-state index contributed by atoms with van der Waals surface area (Å²) in [4.78, 5) is 195. The molecular formula is C99H129N17O12. The summed E-state index contributed by atoms with van der Waals surface area (Å²) in [6, 6.07) is 70.5. The van der Waals surface area contributed by atoms with Crippen LogP contribution in [0.1, 0.15) is 135 Å². The zero-order chi connectivity index (χ0) is 92.0.